The van der Waals surface area contributed by atoms with Crippen molar-refractivity contribution in [3.63, 3.8) is 0 Å². The molecule has 1 atom stereocenters. The molecule has 0 saturated carbocycles. The molecule has 0 bridgehead atoms. The summed E-state index contributed by atoms with van der Waals surface area (Å²) in [5.41, 5.74) is 5.49. The first-order valence-corrected chi connectivity index (χ1v) is 11.0. The van der Waals surface area contributed by atoms with E-state index in [1.54, 1.807) is 0 Å². The van der Waals surface area contributed by atoms with E-state index in [9.17, 15) is 4.79 Å². The molecule has 5 heteroatoms. The summed E-state index contributed by atoms with van der Waals surface area (Å²) >= 11 is 0. The lowest BCUT2D eigenvalue weighted by Crippen LogP contribution is -2.30. The van der Waals surface area contributed by atoms with Gasteiger partial charge in [0.1, 0.15) is 5.82 Å². The number of dihydropyridines is 1. The fourth-order valence-corrected chi connectivity index (χ4v) is 4.91. The maximum absolute atomic E-state index is 13.3. The van der Waals surface area contributed by atoms with Crippen LogP contribution in [-0.2, 0) is 4.79 Å². The third-order valence-electron chi connectivity index (χ3n) is 6.48. The lowest BCUT2D eigenvalue weighted by Gasteiger charge is -2.19. The molecule has 1 aromatic heterocycles. The van der Waals surface area contributed by atoms with Gasteiger partial charge < -0.3 is 9.47 Å². The van der Waals surface area contributed by atoms with Crippen molar-refractivity contribution in [2.75, 3.05) is 19.6 Å². The van der Waals surface area contributed by atoms with Gasteiger partial charge in [0.05, 0.1) is 17.9 Å². The Morgan fingerprint density at radius 3 is 3.00 bits per heavy atom. The second kappa shape index (κ2) is 8.05. The zero-order valence-electron chi connectivity index (χ0n) is 17.6. The van der Waals surface area contributed by atoms with E-state index in [4.69, 9.17) is 4.98 Å². The van der Waals surface area contributed by atoms with Crippen molar-refractivity contribution < 1.29 is 4.79 Å². The van der Waals surface area contributed by atoms with Gasteiger partial charge in [-0.2, -0.15) is 0 Å². The maximum atomic E-state index is 13.3. The van der Waals surface area contributed by atoms with Crippen molar-refractivity contribution in [2.24, 2.45) is 10.9 Å². The number of aliphatic imine (C=N–C) groups is 1. The van der Waals surface area contributed by atoms with Gasteiger partial charge in [-0.15, -0.1) is 0 Å². The smallest absolute Gasteiger partial charge is 0.250 e. The Morgan fingerprint density at radius 2 is 2.20 bits per heavy atom. The van der Waals surface area contributed by atoms with Crippen LogP contribution in [-0.4, -0.2) is 46.2 Å². The van der Waals surface area contributed by atoms with Crippen molar-refractivity contribution in [3.05, 3.63) is 58.7 Å². The summed E-state index contributed by atoms with van der Waals surface area (Å²) in [5, 5.41) is 0. The number of hydrogen-bond donors (Lipinski definition) is 0. The number of rotatable bonds is 3. The number of allylic oxidation sites excluding steroid dienone is 6. The van der Waals surface area contributed by atoms with E-state index >= 15 is 0 Å². The minimum Gasteiger partial charge on any atom is -0.338 e. The van der Waals surface area contributed by atoms with Crippen molar-refractivity contribution in [1.82, 2.24) is 14.5 Å². The predicted molar refractivity (Wildman–Crippen MR) is 122 cm³/mol. The van der Waals surface area contributed by atoms with Crippen molar-refractivity contribution in [3.8, 4) is 0 Å². The van der Waals surface area contributed by atoms with Crippen LogP contribution in [0.5, 0.6) is 0 Å². The van der Waals surface area contributed by atoms with Gasteiger partial charge in [-0.1, -0.05) is 24.3 Å². The Hall–Kier alpha value is -2.95. The highest BCUT2D eigenvalue weighted by Gasteiger charge is 2.30. The zero-order valence-corrected chi connectivity index (χ0v) is 17.6. The molecular formula is C25H28N4O. The number of carbonyl (C=O) groups is 1. The summed E-state index contributed by atoms with van der Waals surface area (Å²) in [4.78, 5) is 24.5. The lowest BCUT2D eigenvalue weighted by molar-refractivity contribution is -0.126. The van der Waals surface area contributed by atoms with Crippen LogP contribution in [0.25, 0.3) is 17.8 Å². The number of aryl methyl sites for hydroxylation is 1. The molecule has 3 heterocycles. The molecule has 0 aromatic carbocycles. The summed E-state index contributed by atoms with van der Waals surface area (Å²) in [6.07, 6.45) is 21.7. The molecule has 1 unspecified atom stereocenters. The Kier molecular flexibility index (Phi) is 5.11. The molecule has 154 valence electrons. The molecule has 0 radical (unpaired) electrons. The lowest BCUT2D eigenvalue weighted by atomic mass is 9.96. The summed E-state index contributed by atoms with van der Waals surface area (Å²) in [5.74, 6) is 1.58. The van der Waals surface area contributed by atoms with Gasteiger partial charge >= 0.3 is 0 Å². The molecule has 4 aliphatic rings. The summed E-state index contributed by atoms with van der Waals surface area (Å²) in [6.45, 7) is 4.47. The van der Waals surface area contributed by atoms with Gasteiger partial charge in [-0.25, -0.2) is 4.98 Å². The molecule has 1 aromatic rings. The molecule has 5 rings (SSSR count). The molecule has 1 amide bonds. The van der Waals surface area contributed by atoms with Crippen LogP contribution >= 0.6 is 0 Å². The first-order valence-electron chi connectivity index (χ1n) is 11.0. The Labute approximate surface area is 177 Å². The summed E-state index contributed by atoms with van der Waals surface area (Å²) in [7, 11) is 0. The van der Waals surface area contributed by atoms with E-state index < -0.39 is 0 Å². The monoisotopic (exact) mass is 400 g/mol. The largest absolute Gasteiger partial charge is 0.338 e. The molecule has 2 aliphatic heterocycles. The molecule has 1 fully saturated rings. The average molecular weight is 401 g/mol. The zero-order chi connectivity index (χ0) is 20.5. The van der Waals surface area contributed by atoms with Crippen LogP contribution in [0.1, 0.15) is 49.3 Å². The third-order valence-corrected chi connectivity index (χ3v) is 6.48. The number of carbonyl (C=O) groups excluding carboxylic acids is 1. The van der Waals surface area contributed by atoms with Crippen LogP contribution < -0.4 is 0 Å². The van der Waals surface area contributed by atoms with Gasteiger partial charge in [0.2, 0.25) is 5.91 Å². The minimum absolute atomic E-state index is 0.155. The third kappa shape index (κ3) is 3.53. The SMILES string of the molecule is Cc1nc2c(n1C1=CC=CCC1)C=CCC(C(=O)N1CCC(C3=CCC=NC3)C1)=C2. The van der Waals surface area contributed by atoms with Crippen LogP contribution in [0.3, 0.4) is 0 Å². The number of fused-ring (bicyclic) bond motifs is 1. The van der Waals surface area contributed by atoms with Crippen LogP contribution in [0.4, 0.5) is 0 Å². The minimum atomic E-state index is 0.155. The average Bonchev–Trinajstić information content (AvgIpc) is 3.33. The van der Waals surface area contributed by atoms with Gasteiger partial charge in [0.25, 0.3) is 0 Å². The van der Waals surface area contributed by atoms with Gasteiger partial charge in [-0.3, -0.25) is 9.79 Å². The van der Waals surface area contributed by atoms with E-state index in [2.05, 4.69) is 46.0 Å². The van der Waals surface area contributed by atoms with E-state index in [-0.39, 0.29) is 5.91 Å². The number of imidazole rings is 1. The topological polar surface area (TPSA) is 50.5 Å². The fraction of sp³-hybridized carbons (Fsp3) is 0.400. The van der Waals surface area contributed by atoms with E-state index in [0.29, 0.717) is 12.3 Å². The van der Waals surface area contributed by atoms with E-state index in [1.807, 2.05) is 24.1 Å². The first kappa shape index (κ1) is 19.0. The standard InChI is InChI=1S/C25H28N4O/c1-18-27-23-15-19(7-5-11-24(23)29(18)22-9-3-2-4-10-22)25(30)28-14-12-21(17-28)20-8-6-13-26-16-20/h2-3,5,8-9,11,13,15,21H,4,6-7,10,12,14,16-17H2,1H3. The van der Waals surface area contributed by atoms with Crippen LogP contribution in [0.15, 0.2) is 46.5 Å². The number of aromatic nitrogens is 2. The first-order chi connectivity index (χ1) is 14.7. The molecule has 30 heavy (non-hydrogen) atoms. The Balaban J connectivity index is 1.38. The summed E-state index contributed by atoms with van der Waals surface area (Å²) in [6, 6.07) is 0. The maximum Gasteiger partial charge on any atom is 0.250 e. The highest BCUT2D eigenvalue weighted by Crippen LogP contribution is 2.31. The molecule has 0 spiro atoms. The number of amides is 1. The van der Waals surface area contributed by atoms with Crippen molar-refractivity contribution >= 4 is 30.0 Å². The second-order valence-corrected chi connectivity index (χ2v) is 8.44. The highest BCUT2D eigenvalue weighted by atomic mass is 16.2. The van der Waals surface area contributed by atoms with Gasteiger partial charge in [-0.05, 0) is 56.4 Å². The normalized spacial score (nSPS) is 23.0. The van der Waals surface area contributed by atoms with Crippen molar-refractivity contribution in [2.45, 2.75) is 39.0 Å². The second-order valence-electron chi connectivity index (χ2n) is 8.44. The molecule has 5 nitrogen and oxygen atoms in total. The Bertz CT molecular complexity index is 1050. The van der Waals surface area contributed by atoms with Crippen LogP contribution in [0, 0.1) is 12.8 Å². The molecule has 2 aliphatic carbocycles. The van der Waals surface area contributed by atoms with Crippen molar-refractivity contribution in [1.29, 1.82) is 0 Å². The predicted octanol–water partition coefficient (Wildman–Crippen LogP) is 4.43. The van der Waals surface area contributed by atoms with E-state index in [1.165, 1.54) is 11.3 Å². The van der Waals surface area contributed by atoms with E-state index in [0.717, 1.165) is 68.1 Å². The van der Waals surface area contributed by atoms with Gasteiger partial charge in [0.15, 0.2) is 0 Å². The molecule has 1 saturated heterocycles. The van der Waals surface area contributed by atoms with Gasteiger partial charge in [0, 0.05) is 42.9 Å². The highest BCUT2D eigenvalue weighted by molar-refractivity contribution is 5.99. The molecular weight excluding hydrogens is 372 g/mol. The quantitative estimate of drug-likeness (QED) is 0.705. The summed E-state index contributed by atoms with van der Waals surface area (Å²) < 4.78 is 2.24. The van der Waals surface area contributed by atoms with Crippen LogP contribution in [0.2, 0.25) is 0 Å². The Morgan fingerprint density at radius 1 is 1.27 bits per heavy atom. The number of likely N-dealkylation sites (tertiary alicyclic amines) is 1. The molecule has 0 N–H and O–H groups in total. The fourth-order valence-electron chi connectivity index (χ4n) is 4.91. The number of hydrogen-bond acceptors (Lipinski definition) is 3. The number of nitrogens with zero attached hydrogens (tertiary/aromatic N) is 4.